The van der Waals surface area contributed by atoms with E-state index in [9.17, 15) is 19.2 Å². The summed E-state index contributed by atoms with van der Waals surface area (Å²) in [7, 11) is 0. The lowest BCUT2D eigenvalue weighted by Gasteiger charge is -2.20. The molecule has 5 rings (SSSR count). The summed E-state index contributed by atoms with van der Waals surface area (Å²) in [5, 5.41) is 5.59. The van der Waals surface area contributed by atoms with Crippen molar-refractivity contribution in [2.75, 3.05) is 26.4 Å². The molecule has 0 aliphatic rings. The van der Waals surface area contributed by atoms with Gasteiger partial charge in [0.05, 0.1) is 48.7 Å². The molecule has 0 heterocycles. The van der Waals surface area contributed by atoms with Crippen molar-refractivity contribution in [3.63, 3.8) is 0 Å². The van der Waals surface area contributed by atoms with Gasteiger partial charge in [0.2, 0.25) is 0 Å². The highest BCUT2D eigenvalue weighted by molar-refractivity contribution is 6.38. The van der Waals surface area contributed by atoms with Crippen molar-refractivity contribution >= 4 is 67.0 Å². The summed E-state index contributed by atoms with van der Waals surface area (Å²) in [4.78, 5) is 56.5. The Hall–Kier alpha value is -4.72. The maximum absolute atomic E-state index is 14.1. The molecule has 8 nitrogen and oxygen atoms in total. The van der Waals surface area contributed by atoms with Crippen LogP contribution in [0.5, 0.6) is 0 Å². The van der Waals surface area contributed by atoms with Gasteiger partial charge in [-0.2, -0.15) is 0 Å². The smallest absolute Gasteiger partial charge is 0.338 e. The van der Waals surface area contributed by atoms with Gasteiger partial charge in [0.1, 0.15) is 0 Å². The Bertz CT molecular complexity index is 2000. The number of unbranched alkanes of at least 4 members (excludes halogenated alkanes) is 24. The highest BCUT2D eigenvalue weighted by Crippen LogP contribution is 2.44. The van der Waals surface area contributed by atoms with Crippen molar-refractivity contribution in [1.29, 1.82) is 0 Å². The number of ether oxygens (including phenoxy) is 4. The summed E-state index contributed by atoms with van der Waals surface area (Å²) < 4.78 is 23.8. The summed E-state index contributed by atoms with van der Waals surface area (Å²) in [6.07, 6.45) is 30.8. The predicted octanol–water partition coefficient (Wildman–Crippen LogP) is 17.4. The standard InChI is InChI=1S/C60H84O8/c1-5-9-13-17-21-25-29-41-65-57(61)49-37-33-45-47-35-39-51(59(63)67-43-31-27-23-19-15-11-7-3)56-52(60(64)68-44-32-28-24-20-16-12-8-4)40-36-48(54(47)56)46-34-38-50(55(49)53(45)46)58(62)66-42-30-26-22-18-14-10-6-2/h33-40H,5-32,41-44H2,1-4H3. The Labute approximate surface area is 408 Å². The highest BCUT2D eigenvalue weighted by atomic mass is 16.5. The lowest BCUT2D eigenvalue weighted by atomic mass is 9.84. The molecule has 0 bridgehead atoms. The van der Waals surface area contributed by atoms with Crippen molar-refractivity contribution in [2.24, 2.45) is 0 Å². The van der Waals surface area contributed by atoms with Crippen LogP contribution < -0.4 is 0 Å². The van der Waals surface area contributed by atoms with E-state index in [1.165, 1.54) is 103 Å². The van der Waals surface area contributed by atoms with Gasteiger partial charge in [0.25, 0.3) is 0 Å². The second kappa shape index (κ2) is 30.7. The lowest BCUT2D eigenvalue weighted by Crippen LogP contribution is -2.13. The topological polar surface area (TPSA) is 105 Å². The SMILES string of the molecule is CCCCCCCCCOC(=O)c1ccc2c3ccc(C(=O)OCCCCCCCCC)c4c(C(=O)OCCCCCCCCC)ccc(c5ccc(C(=O)OCCCCCCCCC)c1c25)c43. The zero-order valence-corrected chi connectivity index (χ0v) is 42.5. The minimum atomic E-state index is -0.477. The lowest BCUT2D eigenvalue weighted by molar-refractivity contribution is 0.0483. The molecule has 5 aromatic rings. The molecule has 5 aromatic carbocycles. The minimum absolute atomic E-state index is 0.297. The van der Waals surface area contributed by atoms with E-state index < -0.39 is 23.9 Å². The molecule has 0 radical (unpaired) electrons. The second-order valence-electron chi connectivity index (χ2n) is 19.2. The molecule has 0 fully saturated rings. The van der Waals surface area contributed by atoms with Crippen LogP contribution in [-0.4, -0.2) is 50.3 Å². The van der Waals surface area contributed by atoms with Crippen LogP contribution in [0.1, 0.15) is 249 Å². The van der Waals surface area contributed by atoms with Crippen LogP contribution in [-0.2, 0) is 18.9 Å². The number of hydrogen-bond acceptors (Lipinski definition) is 8. The minimum Gasteiger partial charge on any atom is -0.462 e. The van der Waals surface area contributed by atoms with Crippen LogP contribution >= 0.6 is 0 Å². The Morgan fingerprint density at radius 1 is 0.265 bits per heavy atom. The molecule has 0 aliphatic carbocycles. The van der Waals surface area contributed by atoms with E-state index in [0.717, 1.165) is 109 Å². The molecule has 0 N–H and O–H groups in total. The average molecular weight is 933 g/mol. The maximum Gasteiger partial charge on any atom is 0.338 e. The van der Waals surface area contributed by atoms with E-state index in [4.69, 9.17) is 18.9 Å². The number of esters is 4. The average Bonchev–Trinajstić information content (AvgIpc) is 3.35. The van der Waals surface area contributed by atoms with Gasteiger partial charge in [-0.15, -0.1) is 0 Å². The fourth-order valence-electron chi connectivity index (χ4n) is 9.78. The van der Waals surface area contributed by atoms with Gasteiger partial charge in [0.15, 0.2) is 0 Å². The number of fused-ring (bicyclic) bond motifs is 2. The molecule has 0 aromatic heterocycles. The van der Waals surface area contributed by atoms with Crippen molar-refractivity contribution in [1.82, 2.24) is 0 Å². The van der Waals surface area contributed by atoms with Crippen LogP contribution in [0.4, 0.5) is 0 Å². The quantitative estimate of drug-likeness (QED) is 0.0129. The predicted molar refractivity (Wildman–Crippen MR) is 281 cm³/mol. The van der Waals surface area contributed by atoms with Crippen LogP contribution in [0.25, 0.3) is 43.1 Å². The molecule has 0 unspecified atom stereocenters. The van der Waals surface area contributed by atoms with Gasteiger partial charge in [-0.05, 0) is 82.3 Å². The molecule has 0 spiro atoms. The molecule has 8 heteroatoms. The van der Waals surface area contributed by atoms with Crippen molar-refractivity contribution in [3.05, 3.63) is 70.8 Å². The largest absolute Gasteiger partial charge is 0.462 e. The summed E-state index contributed by atoms with van der Waals surface area (Å²) in [6.45, 7) is 10.0. The normalized spacial score (nSPS) is 11.6. The number of carbonyl (C=O) groups excluding carboxylic acids is 4. The summed E-state index contributed by atoms with van der Waals surface area (Å²) in [6, 6.07) is 14.6. The van der Waals surface area contributed by atoms with Gasteiger partial charge in [-0.25, -0.2) is 19.2 Å². The summed E-state index contributed by atoms with van der Waals surface area (Å²) in [5.74, 6) is -1.91. The molecule has 372 valence electrons. The van der Waals surface area contributed by atoms with Gasteiger partial charge >= 0.3 is 23.9 Å². The monoisotopic (exact) mass is 933 g/mol. The van der Waals surface area contributed by atoms with Crippen LogP contribution in [0, 0.1) is 0 Å². The fraction of sp³-hybridized carbons (Fsp3) is 0.600. The molecular weight excluding hydrogens is 849 g/mol. The number of hydrogen-bond donors (Lipinski definition) is 0. The Kier molecular flexibility index (Phi) is 24.5. The first kappa shape index (κ1) is 54.2. The molecular formula is C60H84O8. The molecule has 0 amide bonds. The molecule has 0 aliphatic heterocycles. The third-order valence-corrected chi connectivity index (χ3v) is 13.7. The zero-order valence-electron chi connectivity index (χ0n) is 42.5. The van der Waals surface area contributed by atoms with Crippen molar-refractivity contribution < 1.29 is 38.1 Å². The third kappa shape index (κ3) is 15.7. The van der Waals surface area contributed by atoms with E-state index in [0.29, 0.717) is 59.5 Å². The van der Waals surface area contributed by atoms with E-state index >= 15 is 0 Å². The number of benzene rings is 5. The Morgan fingerprint density at radius 2 is 0.456 bits per heavy atom. The van der Waals surface area contributed by atoms with Crippen LogP contribution in [0.3, 0.4) is 0 Å². The first-order chi connectivity index (χ1) is 33.4. The molecule has 0 atom stereocenters. The van der Waals surface area contributed by atoms with E-state index in [2.05, 4.69) is 27.7 Å². The van der Waals surface area contributed by atoms with Crippen molar-refractivity contribution in [3.8, 4) is 0 Å². The summed E-state index contributed by atoms with van der Waals surface area (Å²) in [5.41, 5.74) is 1.25. The molecule has 68 heavy (non-hydrogen) atoms. The maximum atomic E-state index is 14.1. The fourth-order valence-corrected chi connectivity index (χ4v) is 9.78. The van der Waals surface area contributed by atoms with Gasteiger partial charge in [-0.1, -0.05) is 206 Å². The van der Waals surface area contributed by atoms with E-state index in [1.54, 1.807) is 24.3 Å². The Balaban J connectivity index is 1.53. The van der Waals surface area contributed by atoms with Crippen molar-refractivity contribution in [2.45, 2.75) is 207 Å². The second-order valence-corrected chi connectivity index (χ2v) is 19.2. The van der Waals surface area contributed by atoms with Gasteiger partial charge < -0.3 is 18.9 Å². The number of carbonyl (C=O) groups is 4. The Morgan fingerprint density at radius 3 is 0.662 bits per heavy atom. The first-order valence-corrected chi connectivity index (χ1v) is 27.3. The zero-order chi connectivity index (χ0) is 48.4. The number of rotatable bonds is 36. The van der Waals surface area contributed by atoms with Crippen LogP contribution in [0.2, 0.25) is 0 Å². The molecule has 0 saturated carbocycles. The molecule has 0 saturated heterocycles. The van der Waals surface area contributed by atoms with Crippen LogP contribution in [0.15, 0.2) is 48.5 Å². The van der Waals surface area contributed by atoms with Gasteiger partial charge in [-0.3, -0.25) is 0 Å². The first-order valence-electron chi connectivity index (χ1n) is 27.3. The third-order valence-electron chi connectivity index (χ3n) is 13.7. The van der Waals surface area contributed by atoms with Gasteiger partial charge in [0, 0.05) is 10.8 Å². The van der Waals surface area contributed by atoms with E-state index in [-0.39, 0.29) is 0 Å². The summed E-state index contributed by atoms with van der Waals surface area (Å²) >= 11 is 0. The highest BCUT2D eigenvalue weighted by Gasteiger charge is 2.27. The van der Waals surface area contributed by atoms with E-state index in [1.807, 2.05) is 24.3 Å².